The number of ether oxygens (including phenoxy) is 1. The highest BCUT2D eigenvalue weighted by Crippen LogP contribution is 2.37. The maximum Gasteiger partial charge on any atom is 0.191 e. The van der Waals surface area contributed by atoms with E-state index < -0.39 is 0 Å². The van der Waals surface area contributed by atoms with Crippen LogP contribution in [0.5, 0.6) is 0 Å². The molecule has 2 aliphatic rings. The Labute approximate surface area is 191 Å². The van der Waals surface area contributed by atoms with Crippen LogP contribution in [0.1, 0.15) is 51.3 Å². The predicted octanol–water partition coefficient (Wildman–Crippen LogP) is 2.50. The van der Waals surface area contributed by atoms with Gasteiger partial charge in [-0.05, 0) is 38.3 Å². The Hall–Kier alpha value is -2.19. The molecule has 1 saturated heterocycles. The van der Waals surface area contributed by atoms with Crippen molar-refractivity contribution in [2.24, 2.45) is 10.4 Å². The van der Waals surface area contributed by atoms with Crippen LogP contribution in [0.25, 0.3) is 5.65 Å². The molecule has 1 saturated carbocycles. The van der Waals surface area contributed by atoms with Crippen molar-refractivity contribution in [1.82, 2.24) is 30.1 Å². The van der Waals surface area contributed by atoms with E-state index in [2.05, 4.69) is 37.1 Å². The number of hydrogen-bond donors (Lipinski definition) is 2. The number of aromatic nitrogens is 3. The van der Waals surface area contributed by atoms with Gasteiger partial charge in [0.1, 0.15) is 5.82 Å². The summed E-state index contributed by atoms with van der Waals surface area (Å²) in [4.78, 5) is 7.65. The lowest BCUT2D eigenvalue weighted by molar-refractivity contribution is 0.00937. The molecule has 8 heteroatoms. The van der Waals surface area contributed by atoms with E-state index in [1.165, 1.54) is 32.1 Å². The van der Waals surface area contributed by atoms with Crippen molar-refractivity contribution in [3.05, 3.63) is 30.2 Å². The number of fused-ring (bicyclic) bond motifs is 1. The number of rotatable bonds is 9. The van der Waals surface area contributed by atoms with Gasteiger partial charge in [-0.1, -0.05) is 25.3 Å². The van der Waals surface area contributed by atoms with Crippen LogP contribution < -0.4 is 10.6 Å². The fourth-order valence-electron chi connectivity index (χ4n) is 5.00. The van der Waals surface area contributed by atoms with Crippen LogP contribution in [0.15, 0.2) is 29.4 Å². The predicted molar refractivity (Wildman–Crippen MR) is 128 cm³/mol. The number of nitrogens with zero attached hydrogens (tertiary/aromatic N) is 5. The summed E-state index contributed by atoms with van der Waals surface area (Å²) < 4.78 is 7.63. The fraction of sp³-hybridized carbons (Fsp3) is 0.708. The second-order valence-electron chi connectivity index (χ2n) is 9.22. The number of guanidine groups is 1. The summed E-state index contributed by atoms with van der Waals surface area (Å²) >= 11 is 0. The zero-order valence-corrected chi connectivity index (χ0v) is 19.6. The Morgan fingerprint density at radius 2 is 1.97 bits per heavy atom. The van der Waals surface area contributed by atoms with Crippen LogP contribution in [0, 0.1) is 5.41 Å². The molecule has 8 nitrogen and oxygen atoms in total. The molecule has 0 bridgehead atoms. The van der Waals surface area contributed by atoms with Gasteiger partial charge in [0.15, 0.2) is 11.6 Å². The zero-order chi connectivity index (χ0) is 22.1. The van der Waals surface area contributed by atoms with Gasteiger partial charge in [0.05, 0.1) is 13.2 Å². The molecule has 2 aromatic rings. The van der Waals surface area contributed by atoms with Crippen molar-refractivity contribution >= 4 is 11.6 Å². The Bertz CT molecular complexity index is 853. The van der Waals surface area contributed by atoms with Crippen molar-refractivity contribution in [3.8, 4) is 0 Å². The molecular weight excluding hydrogens is 402 g/mol. The molecular formula is C24H39N7O. The quantitative estimate of drug-likeness (QED) is 0.354. The fourth-order valence-corrected chi connectivity index (χ4v) is 5.00. The van der Waals surface area contributed by atoms with Gasteiger partial charge >= 0.3 is 0 Å². The molecule has 4 rings (SSSR count). The Morgan fingerprint density at radius 3 is 2.78 bits per heavy atom. The van der Waals surface area contributed by atoms with E-state index >= 15 is 0 Å². The molecule has 32 heavy (non-hydrogen) atoms. The SMILES string of the molecule is CCNC(=NCC1(CN2CCOCC2)CCCCC1)NCCCc1nnc2ccccn12. The molecule has 176 valence electrons. The highest BCUT2D eigenvalue weighted by atomic mass is 16.5. The summed E-state index contributed by atoms with van der Waals surface area (Å²) in [6, 6.07) is 6.00. The average Bonchev–Trinajstić information content (AvgIpc) is 3.24. The third-order valence-corrected chi connectivity index (χ3v) is 6.75. The minimum Gasteiger partial charge on any atom is -0.379 e. The summed E-state index contributed by atoms with van der Waals surface area (Å²) in [6.45, 7) is 9.76. The number of nitrogens with one attached hydrogen (secondary N) is 2. The highest BCUT2D eigenvalue weighted by Gasteiger charge is 2.34. The number of aliphatic imine (C=N–C) groups is 1. The molecule has 0 atom stereocenters. The Kier molecular flexibility index (Phi) is 8.34. The minimum atomic E-state index is 0.304. The molecule has 0 amide bonds. The number of pyridine rings is 1. The lowest BCUT2D eigenvalue weighted by Crippen LogP contribution is -2.46. The molecule has 0 radical (unpaired) electrons. The first-order valence-electron chi connectivity index (χ1n) is 12.4. The average molecular weight is 442 g/mol. The van der Waals surface area contributed by atoms with E-state index in [1.54, 1.807) is 0 Å². The smallest absolute Gasteiger partial charge is 0.191 e. The zero-order valence-electron chi connectivity index (χ0n) is 19.6. The molecule has 3 heterocycles. The maximum atomic E-state index is 5.56. The number of hydrogen-bond acceptors (Lipinski definition) is 5. The third-order valence-electron chi connectivity index (χ3n) is 6.75. The standard InChI is InChI=1S/C24H39N7O/c1-2-25-23(26-13-8-10-22-29-28-21-9-4-7-14-31(21)22)27-19-24(11-5-3-6-12-24)20-30-15-17-32-18-16-30/h4,7,9,14H,2-3,5-6,8,10-13,15-20H2,1H3,(H2,25,26,27). The van der Waals surface area contributed by atoms with E-state index in [-0.39, 0.29) is 0 Å². The number of aryl methyl sites for hydroxylation is 1. The van der Waals surface area contributed by atoms with Crippen molar-refractivity contribution in [2.45, 2.75) is 51.9 Å². The lowest BCUT2D eigenvalue weighted by atomic mass is 9.73. The first-order chi connectivity index (χ1) is 15.8. The van der Waals surface area contributed by atoms with E-state index in [4.69, 9.17) is 9.73 Å². The van der Waals surface area contributed by atoms with Gasteiger partial charge < -0.3 is 15.4 Å². The van der Waals surface area contributed by atoms with Crippen molar-refractivity contribution in [1.29, 1.82) is 0 Å². The monoisotopic (exact) mass is 441 g/mol. The van der Waals surface area contributed by atoms with E-state index in [0.29, 0.717) is 5.41 Å². The summed E-state index contributed by atoms with van der Waals surface area (Å²) in [6.07, 6.45) is 10.5. The first-order valence-corrected chi connectivity index (χ1v) is 12.4. The van der Waals surface area contributed by atoms with Crippen molar-refractivity contribution < 1.29 is 4.74 Å². The Balaban J connectivity index is 1.31. The third kappa shape index (κ3) is 6.19. The molecule has 1 aliphatic carbocycles. The van der Waals surface area contributed by atoms with Crippen molar-refractivity contribution in [2.75, 3.05) is 52.5 Å². The first kappa shape index (κ1) is 23.0. The summed E-state index contributed by atoms with van der Waals surface area (Å²) in [5, 5.41) is 15.6. The van der Waals surface area contributed by atoms with Crippen LogP contribution in [0.3, 0.4) is 0 Å². The highest BCUT2D eigenvalue weighted by molar-refractivity contribution is 5.79. The van der Waals surface area contributed by atoms with Gasteiger partial charge in [-0.25, -0.2) is 0 Å². The second-order valence-corrected chi connectivity index (χ2v) is 9.22. The minimum absolute atomic E-state index is 0.304. The summed E-state index contributed by atoms with van der Waals surface area (Å²) in [5.41, 5.74) is 1.21. The normalized spacial score (nSPS) is 19.8. The molecule has 1 aliphatic heterocycles. The van der Waals surface area contributed by atoms with Gasteiger partial charge in [0.2, 0.25) is 0 Å². The van der Waals surface area contributed by atoms with Gasteiger partial charge in [-0.2, -0.15) is 0 Å². The number of morpholine rings is 1. The van der Waals surface area contributed by atoms with Crippen LogP contribution in [-0.4, -0.2) is 77.9 Å². The van der Waals surface area contributed by atoms with Crippen molar-refractivity contribution in [3.63, 3.8) is 0 Å². The summed E-state index contributed by atoms with van der Waals surface area (Å²) in [7, 11) is 0. The molecule has 2 fully saturated rings. The molecule has 2 aromatic heterocycles. The molecule has 0 aromatic carbocycles. The van der Waals surface area contributed by atoms with Gasteiger partial charge in [0, 0.05) is 57.3 Å². The molecule has 0 spiro atoms. The topological polar surface area (TPSA) is 79.1 Å². The molecule has 2 N–H and O–H groups in total. The largest absolute Gasteiger partial charge is 0.379 e. The van der Waals surface area contributed by atoms with Gasteiger partial charge in [-0.3, -0.25) is 14.3 Å². The Morgan fingerprint density at radius 1 is 1.12 bits per heavy atom. The van der Waals surface area contributed by atoms with Crippen LogP contribution in [-0.2, 0) is 11.2 Å². The molecule has 0 unspecified atom stereocenters. The van der Waals surface area contributed by atoms with Gasteiger partial charge in [0.25, 0.3) is 0 Å². The van der Waals surface area contributed by atoms with E-state index in [0.717, 1.165) is 82.8 Å². The summed E-state index contributed by atoms with van der Waals surface area (Å²) in [5.74, 6) is 1.95. The maximum absolute atomic E-state index is 5.56. The van der Waals surface area contributed by atoms with Crippen LogP contribution in [0.2, 0.25) is 0 Å². The van der Waals surface area contributed by atoms with Crippen LogP contribution >= 0.6 is 0 Å². The van der Waals surface area contributed by atoms with E-state index in [9.17, 15) is 0 Å². The second kappa shape index (κ2) is 11.6. The van der Waals surface area contributed by atoms with Gasteiger partial charge in [-0.15, -0.1) is 10.2 Å². The van der Waals surface area contributed by atoms with E-state index in [1.807, 2.05) is 24.4 Å². The van der Waals surface area contributed by atoms with Crippen LogP contribution in [0.4, 0.5) is 0 Å². The lowest BCUT2D eigenvalue weighted by Gasteiger charge is -2.41.